The van der Waals surface area contributed by atoms with Crippen molar-refractivity contribution < 1.29 is 4.52 Å². The van der Waals surface area contributed by atoms with Gasteiger partial charge in [-0.05, 0) is 12.5 Å². The van der Waals surface area contributed by atoms with Crippen LogP contribution in [0.2, 0.25) is 0 Å². The van der Waals surface area contributed by atoms with Crippen molar-refractivity contribution in [3.63, 3.8) is 0 Å². The predicted octanol–water partition coefficient (Wildman–Crippen LogP) is 3.85. The van der Waals surface area contributed by atoms with E-state index in [0.29, 0.717) is 12.4 Å². The Hall–Kier alpha value is -2.41. The minimum atomic E-state index is 0.00476. The lowest BCUT2D eigenvalue weighted by Gasteiger charge is -2.09. The van der Waals surface area contributed by atoms with Crippen LogP contribution < -0.4 is 0 Å². The third kappa shape index (κ3) is 4.17. The van der Waals surface area contributed by atoms with Crippen molar-refractivity contribution in [1.29, 1.82) is 0 Å². The zero-order valence-electron chi connectivity index (χ0n) is 14.4. The molecule has 0 amide bonds. The maximum Gasteiger partial charge on any atom is 0.239 e. The Bertz CT molecular complexity index is 827. The molecule has 0 saturated heterocycles. The molecule has 6 nitrogen and oxygen atoms in total. The molecular formula is C18H21N5OS. The zero-order valence-corrected chi connectivity index (χ0v) is 15.2. The molecule has 0 bridgehead atoms. The van der Waals surface area contributed by atoms with Gasteiger partial charge in [-0.25, -0.2) is 0 Å². The number of nitrogens with zero attached hydrogens (tertiary/aromatic N) is 5. The van der Waals surface area contributed by atoms with Crippen LogP contribution in [0.15, 0.2) is 52.7 Å². The summed E-state index contributed by atoms with van der Waals surface area (Å²) in [6.45, 7) is 8.54. The summed E-state index contributed by atoms with van der Waals surface area (Å²) in [7, 11) is 0. The topological polar surface area (TPSA) is 69.6 Å². The quantitative estimate of drug-likeness (QED) is 0.451. The van der Waals surface area contributed by atoms with Gasteiger partial charge < -0.3 is 9.09 Å². The summed E-state index contributed by atoms with van der Waals surface area (Å²) in [5.74, 6) is 2.25. The molecule has 0 spiro atoms. The molecule has 7 heteroatoms. The number of aromatic nitrogens is 5. The zero-order chi connectivity index (χ0) is 17.6. The molecule has 0 fully saturated rings. The molecule has 0 radical (unpaired) electrons. The van der Waals surface area contributed by atoms with E-state index < -0.39 is 0 Å². The SMILES string of the molecule is C=CCn1c(Cc2ccccc2)nnc1SC(C)c1nc(CC)no1. The molecule has 1 atom stereocenters. The molecule has 130 valence electrons. The van der Waals surface area contributed by atoms with E-state index in [9.17, 15) is 0 Å². The van der Waals surface area contributed by atoms with Gasteiger partial charge in [0.1, 0.15) is 5.82 Å². The van der Waals surface area contributed by atoms with Crippen molar-refractivity contribution in [2.75, 3.05) is 0 Å². The number of aryl methyl sites for hydroxylation is 1. The summed E-state index contributed by atoms with van der Waals surface area (Å²) in [5.41, 5.74) is 1.20. The molecule has 1 unspecified atom stereocenters. The third-order valence-corrected chi connectivity index (χ3v) is 4.81. The number of rotatable bonds is 8. The summed E-state index contributed by atoms with van der Waals surface area (Å²) in [5, 5.41) is 13.5. The van der Waals surface area contributed by atoms with E-state index in [1.54, 1.807) is 11.8 Å². The second-order valence-electron chi connectivity index (χ2n) is 5.62. The van der Waals surface area contributed by atoms with Crippen molar-refractivity contribution >= 4 is 11.8 Å². The second kappa shape index (κ2) is 8.11. The molecule has 3 rings (SSSR count). The van der Waals surface area contributed by atoms with Crippen LogP contribution in [0.5, 0.6) is 0 Å². The van der Waals surface area contributed by atoms with Crippen molar-refractivity contribution in [2.45, 2.75) is 43.6 Å². The molecule has 0 aliphatic carbocycles. The highest BCUT2D eigenvalue weighted by Crippen LogP contribution is 2.33. The Labute approximate surface area is 151 Å². The van der Waals surface area contributed by atoms with Gasteiger partial charge in [-0.2, -0.15) is 4.98 Å². The molecule has 2 aromatic heterocycles. The number of benzene rings is 1. The fourth-order valence-corrected chi connectivity index (χ4v) is 3.32. The summed E-state index contributed by atoms with van der Waals surface area (Å²) < 4.78 is 7.41. The lowest BCUT2D eigenvalue weighted by atomic mass is 10.1. The highest BCUT2D eigenvalue weighted by atomic mass is 32.2. The Balaban J connectivity index is 1.79. The number of allylic oxidation sites excluding steroid dienone is 1. The van der Waals surface area contributed by atoms with E-state index in [1.165, 1.54) is 5.56 Å². The number of hydrogen-bond donors (Lipinski definition) is 0. The lowest BCUT2D eigenvalue weighted by Crippen LogP contribution is -2.05. The first-order valence-corrected chi connectivity index (χ1v) is 9.15. The van der Waals surface area contributed by atoms with Crippen LogP contribution in [-0.2, 0) is 19.4 Å². The minimum Gasteiger partial charge on any atom is -0.338 e. The summed E-state index contributed by atoms with van der Waals surface area (Å²) in [6, 6.07) is 10.3. The molecule has 0 aliphatic heterocycles. The molecule has 1 aromatic carbocycles. The van der Waals surface area contributed by atoms with Gasteiger partial charge in [-0.3, -0.25) is 0 Å². The highest BCUT2D eigenvalue weighted by Gasteiger charge is 2.20. The predicted molar refractivity (Wildman–Crippen MR) is 97.4 cm³/mol. The number of thioether (sulfide) groups is 1. The van der Waals surface area contributed by atoms with Crippen LogP contribution in [0.1, 0.15) is 42.2 Å². The van der Waals surface area contributed by atoms with Gasteiger partial charge in [-0.15, -0.1) is 16.8 Å². The normalized spacial score (nSPS) is 12.2. The highest BCUT2D eigenvalue weighted by molar-refractivity contribution is 7.99. The number of hydrogen-bond acceptors (Lipinski definition) is 6. The average Bonchev–Trinajstić information content (AvgIpc) is 3.25. The average molecular weight is 355 g/mol. The van der Waals surface area contributed by atoms with Crippen LogP contribution in [0.4, 0.5) is 0 Å². The first-order valence-electron chi connectivity index (χ1n) is 8.27. The van der Waals surface area contributed by atoms with Crippen LogP contribution in [0.3, 0.4) is 0 Å². The Morgan fingerprint density at radius 2 is 2.08 bits per heavy atom. The van der Waals surface area contributed by atoms with Gasteiger partial charge in [0, 0.05) is 19.4 Å². The van der Waals surface area contributed by atoms with Gasteiger partial charge in [0.05, 0.1) is 5.25 Å². The summed E-state index contributed by atoms with van der Waals surface area (Å²) in [4.78, 5) is 4.40. The van der Waals surface area contributed by atoms with E-state index in [0.717, 1.165) is 29.6 Å². The third-order valence-electron chi connectivity index (χ3n) is 3.74. The van der Waals surface area contributed by atoms with E-state index in [4.69, 9.17) is 4.52 Å². The Morgan fingerprint density at radius 1 is 1.28 bits per heavy atom. The maximum atomic E-state index is 5.33. The van der Waals surface area contributed by atoms with Crippen LogP contribution in [0.25, 0.3) is 0 Å². The lowest BCUT2D eigenvalue weighted by molar-refractivity contribution is 0.375. The van der Waals surface area contributed by atoms with Gasteiger partial charge in [0.15, 0.2) is 11.0 Å². The van der Waals surface area contributed by atoms with Crippen LogP contribution in [-0.4, -0.2) is 24.9 Å². The summed E-state index contributed by atoms with van der Waals surface area (Å²) in [6.07, 6.45) is 3.35. The first kappa shape index (κ1) is 17.4. The molecule has 2 heterocycles. The van der Waals surface area contributed by atoms with Crippen LogP contribution in [0, 0.1) is 0 Å². The molecule has 0 saturated carbocycles. The van der Waals surface area contributed by atoms with Crippen molar-refractivity contribution in [2.24, 2.45) is 0 Å². The second-order valence-corrected chi connectivity index (χ2v) is 6.93. The van der Waals surface area contributed by atoms with Crippen molar-refractivity contribution in [3.8, 4) is 0 Å². The largest absolute Gasteiger partial charge is 0.338 e. The maximum absolute atomic E-state index is 5.33. The van der Waals surface area contributed by atoms with Gasteiger partial charge in [-0.1, -0.05) is 60.3 Å². The smallest absolute Gasteiger partial charge is 0.239 e. The monoisotopic (exact) mass is 355 g/mol. The van der Waals surface area contributed by atoms with E-state index in [1.807, 2.05) is 38.1 Å². The minimum absolute atomic E-state index is 0.00476. The Kier molecular flexibility index (Phi) is 5.65. The standard InChI is InChI=1S/C18H21N5OS/c1-4-11-23-16(12-14-9-7-6-8-10-14)20-21-18(23)25-13(3)17-19-15(5-2)22-24-17/h4,6-10,13H,1,5,11-12H2,2-3H3. The molecule has 25 heavy (non-hydrogen) atoms. The molecular weight excluding hydrogens is 334 g/mol. The van der Waals surface area contributed by atoms with E-state index >= 15 is 0 Å². The van der Waals surface area contributed by atoms with Crippen molar-refractivity contribution in [3.05, 3.63) is 66.1 Å². The van der Waals surface area contributed by atoms with Crippen LogP contribution >= 0.6 is 11.8 Å². The summed E-state index contributed by atoms with van der Waals surface area (Å²) >= 11 is 1.56. The molecule has 0 aliphatic rings. The van der Waals surface area contributed by atoms with Gasteiger partial charge in [0.2, 0.25) is 5.89 Å². The fourth-order valence-electron chi connectivity index (χ4n) is 2.41. The molecule has 0 N–H and O–H groups in total. The van der Waals surface area contributed by atoms with E-state index in [2.05, 4.69) is 43.6 Å². The van der Waals surface area contributed by atoms with Gasteiger partial charge >= 0.3 is 0 Å². The van der Waals surface area contributed by atoms with Crippen molar-refractivity contribution in [1.82, 2.24) is 24.9 Å². The van der Waals surface area contributed by atoms with Gasteiger partial charge in [0.25, 0.3) is 0 Å². The van der Waals surface area contributed by atoms with E-state index in [-0.39, 0.29) is 5.25 Å². The first-order chi connectivity index (χ1) is 12.2. The Morgan fingerprint density at radius 3 is 2.76 bits per heavy atom. The fraction of sp³-hybridized carbons (Fsp3) is 0.333. The molecule has 3 aromatic rings.